The van der Waals surface area contributed by atoms with E-state index in [2.05, 4.69) is 66.0 Å². The first-order valence-corrected chi connectivity index (χ1v) is 6.12. The fraction of sp³-hybridized carbons (Fsp3) is 0.500. The zero-order chi connectivity index (χ0) is 11.3. The molecule has 0 spiro atoms. The average molecular weight is 319 g/mol. The SMILES string of the molecule is COC(C)(C)CNCc1ccc(I)cc1. The molecular formula is C12H18INO. The van der Waals surface area contributed by atoms with E-state index >= 15 is 0 Å². The van der Waals surface area contributed by atoms with Gasteiger partial charge in [0.1, 0.15) is 0 Å². The van der Waals surface area contributed by atoms with Crippen LogP contribution in [-0.4, -0.2) is 19.3 Å². The van der Waals surface area contributed by atoms with E-state index in [0.717, 1.165) is 13.1 Å². The lowest BCUT2D eigenvalue weighted by Crippen LogP contribution is -2.36. The molecule has 1 aromatic carbocycles. The molecule has 84 valence electrons. The number of benzene rings is 1. The van der Waals surface area contributed by atoms with E-state index in [1.807, 2.05) is 0 Å². The van der Waals surface area contributed by atoms with Crippen LogP contribution in [0.2, 0.25) is 0 Å². The summed E-state index contributed by atoms with van der Waals surface area (Å²) in [4.78, 5) is 0. The van der Waals surface area contributed by atoms with Crippen LogP contribution in [0, 0.1) is 3.57 Å². The third kappa shape index (κ3) is 4.95. The highest BCUT2D eigenvalue weighted by atomic mass is 127. The lowest BCUT2D eigenvalue weighted by molar-refractivity contribution is 0.0231. The van der Waals surface area contributed by atoms with E-state index in [1.54, 1.807) is 7.11 Å². The molecule has 0 radical (unpaired) electrons. The predicted molar refractivity (Wildman–Crippen MR) is 72.0 cm³/mol. The molecule has 0 atom stereocenters. The quantitative estimate of drug-likeness (QED) is 0.843. The zero-order valence-corrected chi connectivity index (χ0v) is 11.7. The van der Waals surface area contributed by atoms with Gasteiger partial charge >= 0.3 is 0 Å². The van der Waals surface area contributed by atoms with Crippen molar-refractivity contribution in [1.82, 2.24) is 5.32 Å². The number of hydrogen-bond acceptors (Lipinski definition) is 2. The van der Waals surface area contributed by atoms with Gasteiger partial charge in [-0.15, -0.1) is 0 Å². The molecule has 1 N–H and O–H groups in total. The molecule has 0 aromatic heterocycles. The molecule has 2 nitrogen and oxygen atoms in total. The van der Waals surface area contributed by atoms with Gasteiger partial charge in [0.25, 0.3) is 0 Å². The van der Waals surface area contributed by atoms with Crippen LogP contribution in [0.4, 0.5) is 0 Å². The fourth-order valence-corrected chi connectivity index (χ4v) is 1.54. The van der Waals surface area contributed by atoms with Gasteiger partial charge in [0, 0.05) is 23.8 Å². The molecule has 0 saturated heterocycles. The van der Waals surface area contributed by atoms with Crippen LogP contribution in [0.15, 0.2) is 24.3 Å². The van der Waals surface area contributed by atoms with Gasteiger partial charge in [-0.05, 0) is 54.1 Å². The smallest absolute Gasteiger partial charge is 0.0746 e. The molecule has 0 aliphatic carbocycles. The minimum atomic E-state index is -0.0940. The highest BCUT2D eigenvalue weighted by molar-refractivity contribution is 14.1. The van der Waals surface area contributed by atoms with Crippen molar-refractivity contribution in [3.8, 4) is 0 Å². The summed E-state index contributed by atoms with van der Waals surface area (Å²) in [6.45, 7) is 5.90. The lowest BCUT2D eigenvalue weighted by Gasteiger charge is -2.23. The zero-order valence-electron chi connectivity index (χ0n) is 9.51. The van der Waals surface area contributed by atoms with Gasteiger partial charge in [-0.2, -0.15) is 0 Å². The maximum atomic E-state index is 5.33. The van der Waals surface area contributed by atoms with E-state index in [0.29, 0.717) is 0 Å². The Balaban J connectivity index is 2.35. The van der Waals surface area contributed by atoms with E-state index in [9.17, 15) is 0 Å². The maximum Gasteiger partial charge on any atom is 0.0746 e. The molecule has 15 heavy (non-hydrogen) atoms. The van der Waals surface area contributed by atoms with Crippen molar-refractivity contribution in [2.75, 3.05) is 13.7 Å². The van der Waals surface area contributed by atoms with Crippen LogP contribution in [0.5, 0.6) is 0 Å². The minimum Gasteiger partial charge on any atom is -0.377 e. The van der Waals surface area contributed by atoms with Gasteiger partial charge in [-0.25, -0.2) is 0 Å². The molecule has 1 aromatic rings. The number of halogens is 1. The van der Waals surface area contributed by atoms with Crippen molar-refractivity contribution in [2.24, 2.45) is 0 Å². The molecule has 0 aliphatic heterocycles. The van der Waals surface area contributed by atoms with Gasteiger partial charge in [-0.3, -0.25) is 0 Å². The van der Waals surface area contributed by atoms with Gasteiger partial charge in [-0.1, -0.05) is 12.1 Å². The summed E-state index contributed by atoms with van der Waals surface area (Å²) in [6.07, 6.45) is 0. The Morgan fingerprint density at radius 3 is 2.40 bits per heavy atom. The summed E-state index contributed by atoms with van der Waals surface area (Å²) in [6, 6.07) is 8.54. The van der Waals surface area contributed by atoms with Gasteiger partial charge in [0.2, 0.25) is 0 Å². The van der Waals surface area contributed by atoms with Crippen LogP contribution < -0.4 is 5.32 Å². The largest absolute Gasteiger partial charge is 0.377 e. The second-order valence-electron chi connectivity index (χ2n) is 4.19. The Morgan fingerprint density at radius 2 is 1.87 bits per heavy atom. The number of rotatable bonds is 5. The molecule has 3 heteroatoms. The first kappa shape index (κ1) is 12.9. The van der Waals surface area contributed by atoms with E-state index in [-0.39, 0.29) is 5.60 Å². The highest BCUT2D eigenvalue weighted by Gasteiger charge is 2.14. The highest BCUT2D eigenvalue weighted by Crippen LogP contribution is 2.08. The molecule has 0 aliphatic rings. The summed E-state index contributed by atoms with van der Waals surface area (Å²) in [7, 11) is 1.74. The molecule has 0 saturated carbocycles. The van der Waals surface area contributed by atoms with Crippen molar-refractivity contribution in [1.29, 1.82) is 0 Å². The van der Waals surface area contributed by atoms with E-state index in [1.165, 1.54) is 9.13 Å². The average Bonchev–Trinajstić information content (AvgIpc) is 2.21. The Hall–Kier alpha value is -0.130. The van der Waals surface area contributed by atoms with Crippen LogP contribution in [0.1, 0.15) is 19.4 Å². The first-order valence-electron chi connectivity index (χ1n) is 5.04. The Morgan fingerprint density at radius 1 is 1.27 bits per heavy atom. The molecule has 0 fully saturated rings. The van der Waals surface area contributed by atoms with Gasteiger partial charge in [0.05, 0.1) is 5.60 Å². The van der Waals surface area contributed by atoms with Gasteiger partial charge < -0.3 is 10.1 Å². The van der Waals surface area contributed by atoms with Crippen molar-refractivity contribution in [2.45, 2.75) is 26.0 Å². The minimum absolute atomic E-state index is 0.0940. The Labute approximate surface area is 106 Å². The second-order valence-corrected chi connectivity index (χ2v) is 5.44. The molecular weight excluding hydrogens is 301 g/mol. The maximum absolute atomic E-state index is 5.33. The summed E-state index contributed by atoms with van der Waals surface area (Å²) in [5.74, 6) is 0. The first-order chi connectivity index (χ1) is 7.03. The third-order valence-electron chi connectivity index (χ3n) is 2.35. The molecule has 0 heterocycles. The van der Waals surface area contributed by atoms with Crippen LogP contribution in [0.3, 0.4) is 0 Å². The monoisotopic (exact) mass is 319 g/mol. The topological polar surface area (TPSA) is 21.3 Å². The summed E-state index contributed by atoms with van der Waals surface area (Å²) in [5.41, 5.74) is 1.21. The number of ether oxygens (including phenoxy) is 1. The second kappa shape index (κ2) is 5.82. The normalized spacial score (nSPS) is 11.7. The Bertz CT molecular complexity index is 295. The summed E-state index contributed by atoms with van der Waals surface area (Å²) < 4.78 is 6.60. The molecule has 1 rings (SSSR count). The van der Waals surface area contributed by atoms with Crippen molar-refractivity contribution >= 4 is 22.6 Å². The number of nitrogens with one attached hydrogen (secondary N) is 1. The number of methoxy groups -OCH3 is 1. The standard InChI is InChI=1S/C12H18INO/c1-12(2,15-3)9-14-8-10-4-6-11(13)7-5-10/h4-7,14H,8-9H2,1-3H3. The van der Waals surface area contributed by atoms with E-state index in [4.69, 9.17) is 4.74 Å². The van der Waals surface area contributed by atoms with Gasteiger partial charge in [0.15, 0.2) is 0 Å². The number of hydrogen-bond donors (Lipinski definition) is 1. The van der Waals surface area contributed by atoms with Crippen molar-refractivity contribution in [3.05, 3.63) is 33.4 Å². The summed E-state index contributed by atoms with van der Waals surface area (Å²) >= 11 is 2.31. The van der Waals surface area contributed by atoms with Crippen molar-refractivity contribution < 1.29 is 4.74 Å². The van der Waals surface area contributed by atoms with Crippen LogP contribution in [0.25, 0.3) is 0 Å². The molecule has 0 amide bonds. The van der Waals surface area contributed by atoms with Crippen LogP contribution >= 0.6 is 22.6 Å². The molecule has 0 unspecified atom stereocenters. The molecule has 0 bridgehead atoms. The predicted octanol–water partition coefficient (Wildman–Crippen LogP) is 2.81. The van der Waals surface area contributed by atoms with Crippen molar-refractivity contribution in [3.63, 3.8) is 0 Å². The summed E-state index contributed by atoms with van der Waals surface area (Å²) in [5, 5.41) is 3.38. The Kier molecular flexibility index (Phi) is 5.02. The third-order valence-corrected chi connectivity index (χ3v) is 3.06. The lowest BCUT2D eigenvalue weighted by atomic mass is 10.1. The van der Waals surface area contributed by atoms with E-state index < -0.39 is 0 Å². The van der Waals surface area contributed by atoms with Crippen LogP contribution in [-0.2, 0) is 11.3 Å². The fourth-order valence-electron chi connectivity index (χ4n) is 1.18.